The average Bonchev–Trinajstić information content (AvgIpc) is 3.38. The van der Waals surface area contributed by atoms with Crippen LogP contribution in [0, 0.1) is 0 Å². The standard InChI is InChI=1S/C36H23NO/c1-3-9-24(10-4-1)25-17-19-27(20-18-25)37(26-11-5-2-6-12-26)28-21-22-29-30-13-7-15-33-35(30)36-31(32(29)23-28)14-8-16-34(36)38-33/h1-23H. The molecule has 38 heavy (non-hydrogen) atoms. The van der Waals surface area contributed by atoms with Gasteiger partial charge >= 0.3 is 0 Å². The van der Waals surface area contributed by atoms with Crippen molar-refractivity contribution in [1.29, 1.82) is 0 Å². The topological polar surface area (TPSA) is 16.4 Å². The number of hydrogen-bond donors (Lipinski definition) is 0. The molecule has 0 atom stereocenters. The van der Waals surface area contributed by atoms with Crippen LogP contribution >= 0.6 is 0 Å². The monoisotopic (exact) mass is 485 g/mol. The summed E-state index contributed by atoms with van der Waals surface area (Å²) in [7, 11) is 0. The third kappa shape index (κ3) is 3.14. The number of nitrogens with zero attached hydrogens (tertiary/aromatic N) is 1. The van der Waals surface area contributed by atoms with E-state index in [2.05, 4.69) is 144 Å². The number of benzene rings is 7. The van der Waals surface area contributed by atoms with E-state index in [0.717, 1.165) is 28.2 Å². The van der Waals surface area contributed by atoms with Crippen LogP contribution in [0.1, 0.15) is 0 Å². The van der Waals surface area contributed by atoms with Crippen LogP contribution < -0.4 is 4.90 Å². The lowest BCUT2D eigenvalue weighted by atomic mass is 9.94. The second kappa shape index (κ2) is 8.22. The van der Waals surface area contributed by atoms with Crippen molar-refractivity contribution < 1.29 is 4.42 Å². The highest BCUT2D eigenvalue weighted by atomic mass is 16.3. The third-order valence-corrected chi connectivity index (χ3v) is 7.61. The second-order valence-corrected chi connectivity index (χ2v) is 9.77. The Morgan fingerprint density at radius 3 is 1.61 bits per heavy atom. The lowest BCUT2D eigenvalue weighted by molar-refractivity contribution is 0.669. The highest BCUT2D eigenvalue weighted by Gasteiger charge is 2.19. The molecule has 0 saturated heterocycles. The number of para-hydroxylation sites is 1. The van der Waals surface area contributed by atoms with Gasteiger partial charge in [-0.25, -0.2) is 0 Å². The van der Waals surface area contributed by atoms with Crippen molar-refractivity contribution in [3.8, 4) is 11.1 Å². The van der Waals surface area contributed by atoms with Gasteiger partial charge in [0.05, 0.1) is 0 Å². The molecule has 8 aromatic rings. The van der Waals surface area contributed by atoms with Gasteiger partial charge in [-0.2, -0.15) is 0 Å². The SMILES string of the molecule is c1ccc(-c2ccc(N(c3ccccc3)c3ccc4c(c3)c3cccc5oc6cccc4c6c53)cc2)cc1. The first-order valence-corrected chi connectivity index (χ1v) is 12.9. The minimum absolute atomic E-state index is 0.942. The fourth-order valence-electron chi connectivity index (χ4n) is 5.90. The first-order chi connectivity index (χ1) is 18.8. The Balaban J connectivity index is 1.36. The molecule has 0 bridgehead atoms. The number of hydrogen-bond acceptors (Lipinski definition) is 2. The van der Waals surface area contributed by atoms with Crippen LogP contribution in [0.15, 0.2) is 144 Å². The molecule has 178 valence electrons. The Morgan fingerprint density at radius 1 is 0.368 bits per heavy atom. The molecule has 0 aliphatic heterocycles. The molecule has 2 nitrogen and oxygen atoms in total. The van der Waals surface area contributed by atoms with E-state index in [0.29, 0.717) is 0 Å². The zero-order valence-corrected chi connectivity index (χ0v) is 20.6. The fraction of sp³-hybridized carbons (Fsp3) is 0. The van der Waals surface area contributed by atoms with Gasteiger partial charge in [-0.1, -0.05) is 91.0 Å². The third-order valence-electron chi connectivity index (χ3n) is 7.61. The maximum atomic E-state index is 6.24. The van der Waals surface area contributed by atoms with Gasteiger partial charge in [-0.05, 0) is 81.2 Å². The van der Waals surface area contributed by atoms with Crippen LogP contribution in [0.3, 0.4) is 0 Å². The maximum Gasteiger partial charge on any atom is 0.136 e. The summed E-state index contributed by atoms with van der Waals surface area (Å²) >= 11 is 0. The maximum absolute atomic E-state index is 6.24. The molecule has 0 spiro atoms. The van der Waals surface area contributed by atoms with Gasteiger partial charge < -0.3 is 9.32 Å². The van der Waals surface area contributed by atoms with Crippen molar-refractivity contribution in [2.75, 3.05) is 4.90 Å². The summed E-state index contributed by atoms with van der Waals surface area (Å²) in [5.74, 6) is 0. The molecule has 8 rings (SSSR count). The normalized spacial score (nSPS) is 11.7. The molecule has 0 N–H and O–H groups in total. The van der Waals surface area contributed by atoms with E-state index in [4.69, 9.17) is 4.42 Å². The lowest BCUT2D eigenvalue weighted by Gasteiger charge is -2.26. The minimum atomic E-state index is 0.942. The van der Waals surface area contributed by atoms with Crippen molar-refractivity contribution in [2.24, 2.45) is 0 Å². The summed E-state index contributed by atoms with van der Waals surface area (Å²) in [6.45, 7) is 0. The number of rotatable bonds is 4. The zero-order chi connectivity index (χ0) is 25.1. The Kier molecular flexibility index (Phi) is 4.55. The summed E-state index contributed by atoms with van der Waals surface area (Å²) in [4.78, 5) is 2.33. The van der Waals surface area contributed by atoms with Gasteiger partial charge in [-0.15, -0.1) is 0 Å². The molecule has 1 aromatic heterocycles. The number of furan rings is 1. The van der Waals surface area contributed by atoms with Gasteiger partial charge in [0.1, 0.15) is 11.2 Å². The highest BCUT2D eigenvalue weighted by Crippen LogP contribution is 2.44. The summed E-state index contributed by atoms with van der Waals surface area (Å²) in [6, 6.07) is 49.5. The minimum Gasteiger partial charge on any atom is -0.456 e. The molecule has 0 amide bonds. The molecule has 0 fully saturated rings. The van der Waals surface area contributed by atoms with Crippen molar-refractivity contribution in [2.45, 2.75) is 0 Å². The summed E-state index contributed by atoms with van der Waals surface area (Å²) in [6.07, 6.45) is 0. The number of fused-ring (bicyclic) bond motifs is 3. The largest absolute Gasteiger partial charge is 0.456 e. The summed E-state index contributed by atoms with van der Waals surface area (Å²) in [5.41, 5.74) is 7.69. The molecule has 0 radical (unpaired) electrons. The van der Waals surface area contributed by atoms with E-state index in [1.165, 1.54) is 43.4 Å². The Morgan fingerprint density at radius 2 is 0.921 bits per heavy atom. The molecule has 2 heteroatoms. The van der Waals surface area contributed by atoms with Crippen molar-refractivity contribution in [3.63, 3.8) is 0 Å². The van der Waals surface area contributed by atoms with Crippen molar-refractivity contribution >= 4 is 60.5 Å². The van der Waals surface area contributed by atoms with Crippen LogP contribution in [0.5, 0.6) is 0 Å². The first kappa shape index (κ1) is 21.0. The molecule has 1 heterocycles. The molecule has 0 aliphatic carbocycles. The van der Waals surface area contributed by atoms with E-state index >= 15 is 0 Å². The highest BCUT2D eigenvalue weighted by molar-refractivity contribution is 6.33. The Hall–Kier alpha value is -5.08. The average molecular weight is 486 g/mol. The predicted octanol–water partition coefficient (Wildman–Crippen LogP) is 10.5. The van der Waals surface area contributed by atoms with Crippen LogP contribution in [-0.4, -0.2) is 0 Å². The van der Waals surface area contributed by atoms with Crippen LogP contribution in [0.2, 0.25) is 0 Å². The summed E-state index contributed by atoms with van der Waals surface area (Å²) in [5, 5.41) is 7.37. The fourth-order valence-corrected chi connectivity index (χ4v) is 5.90. The van der Waals surface area contributed by atoms with Crippen LogP contribution in [0.4, 0.5) is 17.1 Å². The lowest BCUT2D eigenvalue weighted by Crippen LogP contribution is -2.09. The molecule has 7 aromatic carbocycles. The molecule has 0 aliphatic rings. The van der Waals surface area contributed by atoms with Gasteiger partial charge in [0, 0.05) is 27.8 Å². The quantitative estimate of drug-likeness (QED) is 0.231. The second-order valence-electron chi connectivity index (χ2n) is 9.77. The van der Waals surface area contributed by atoms with E-state index in [-0.39, 0.29) is 0 Å². The molecular formula is C36H23NO. The predicted molar refractivity (Wildman–Crippen MR) is 160 cm³/mol. The molecule has 0 unspecified atom stereocenters. The Bertz CT molecular complexity index is 2060. The van der Waals surface area contributed by atoms with Crippen LogP contribution in [0.25, 0.3) is 54.6 Å². The van der Waals surface area contributed by atoms with Crippen LogP contribution in [-0.2, 0) is 0 Å². The molecular weight excluding hydrogens is 462 g/mol. The van der Waals surface area contributed by atoms with Gasteiger partial charge in [0.2, 0.25) is 0 Å². The van der Waals surface area contributed by atoms with E-state index in [9.17, 15) is 0 Å². The summed E-state index contributed by atoms with van der Waals surface area (Å²) < 4.78 is 6.24. The smallest absolute Gasteiger partial charge is 0.136 e. The van der Waals surface area contributed by atoms with Gasteiger partial charge in [-0.3, -0.25) is 0 Å². The number of anilines is 3. The van der Waals surface area contributed by atoms with E-state index < -0.39 is 0 Å². The van der Waals surface area contributed by atoms with E-state index in [1.807, 2.05) is 0 Å². The first-order valence-electron chi connectivity index (χ1n) is 12.9. The Labute approximate surface area is 220 Å². The van der Waals surface area contributed by atoms with Gasteiger partial charge in [0.15, 0.2) is 0 Å². The zero-order valence-electron chi connectivity index (χ0n) is 20.6. The molecule has 0 saturated carbocycles. The van der Waals surface area contributed by atoms with Crippen molar-refractivity contribution in [1.82, 2.24) is 0 Å². The van der Waals surface area contributed by atoms with E-state index in [1.54, 1.807) is 0 Å². The van der Waals surface area contributed by atoms with Crippen molar-refractivity contribution in [3.05, 3.63) is 140 Å². The van der Waals surface area contributed by atoms with Gasteiger partial charge in [0.25, 0.3) is 0 Å².